The highest BCUT2D eigenvalue weighted by atomic mass is 16.6. The highest BCUT2D eigenvalue weighted by Gasteiger charge is 2.16. The zero-order valence-electron chi connectivity index (χ0n) is 16.3. The van der Waals surface area contributed by atoms with E-state index in [1.54, 1.807) is 47.1 Å². The highest BCUT2D eigenvalue weighted by Crippen LogP contribution is 2.27. The van der Waals surface area contributed by atoms with Gasteiger partial charge in [-0.1, -0.05) is 6.07 Å². The second-order valence-corrected chi connectivity index (χ2v) is 6.80. The summed E-state index contributed by atoms with van der Waals surface area (Å²) in [6.45, 7) is 6.06. The predicted octanol–water partition coefficient (Wildman–Crippen LogP) is 3.50. The van der Waals surface area contributed by atoms with Gasteiger partial charge in [-0.25, -0.2) is 4.79 Å². The average molecular weight is 374 g/mol. The minimum absolute atomic E-state index is 0.328. The molecular formula is C19H26N4O4. The smallest absolute Gasteiger partial charge is 0.413 e. The lowest BCUT2D eigenvalue weighted by molar-refractivity contribution is 0.0635. The van der Waals surface area contributed by atoms with Crippen LogP contribution in [0.5, 0.6) is 11.5 Å². The molecule has 0 bridgehead atoms. The van der Waals surface area contributed by atoms with Gasteiger partial charge in [-0.3, -0.25) is 5.32 Å². The molecule has 0 atom stereocenters. The molecule has 1 heterocycles. The topological polar surface area (TPSA) is 94.6 Å². The minimum Gasteiger partial charge on any atom is -0.493 e. The number of nitrogens with one attached hydrogen (secondary N) is 2. The van der Waals surface area contributed by atoms with Crippen LogP contribution in [-0.4, -0.2) is 42.7 Å². The lowest BCUT2D eigenvalue weighted by Crippen LogP contribution is -2.27. The van der Waals surface area contributed by atoms with E-state index in [2.05, 4.69) is 20.8 Å². The normalized spacial score (nSPS) is 10.9. The molecule has 0 aliphatic heterocycles. The first-order valence-corrected chi connectivity index (χ1v) is 8.59. The van der Waals surface area contributed by atoms with Crippen LogP contribution in [0.2, 0.25) is 0 Å². The number of carbonyl (C=O) groups excluding carboxylic acids is 1. The van der Waals surface area contributed by atoms with Gasteiger partial charge < -0.3 is 19.5 Å². The minimum atomic E-state index is -0.566. The molecule has 2 N–H and O–H groups in total. The molecule has 8 nitrogen and oxygen atoms in total. The number of amides is 1. The molecule has 0 spiro atoms. The van der Waals surface area contributed by atoms with Crippen molar-refractivity contribution < 1.29 is 19.0 Å². The van der Waals surface area contributed by atoms with Gasteiger partial charge in [0.25, 0.3) is 0 Å². The first-order chi connectivity index (χ1) is 12.8. The number of ether oxygens (including phenoxy) is 3. The van der Waals surface area contributed by atoms with E-state index in [0.717, 1.165) is 12.0 Å². The Morgan fingerprint density at radius 2 is 1.67 bits per heavy atom. The van der Waals surface area contributed by atoms with Gasteiger partial charge in [0.1, 0.15) is 11.4 Å². The summed E-state index contributed by atoms with van der Waals surface area (Å²) in [5.74, 6) is 2.35. The summed E-state index contributed by atoms with van der Waals surface area (Å²) < 4.78 is 15.7. The zero-order chi connectivity index (χ0) is 19.9. The van der Waals surface area contributed by atoms with E-state index in [1.165, 1.54) is 0 Å². The van der Waals surface area contributed by atoms with E-state index in [4.69, 9.17) is 14.2 Å². The number of anilines is 2. The molecule has 27 heavy (non-hydrogen) atoms. The van der Waals surface area contributed by atoms with Crippen LogP contribution in [0.1, 0.15) is 26.3 Å². The number of benzene rings is 1. The molecule has 0 fully saturated rings. The van der Waals surface area contributed by atoms with Crippen LogP contribution in [0.15, 0.2) is 30.3 Å². The van der Waals surface area contributed by atoms with Crippen molar-refractivity contribution in [2.45, 2.75) is 32.8 Å². The van der Waals surface area contributed by atoms with Crippen LogP contribution >= 0.6 is 0 Å². The summed E-state index contributed by atoms with van der Waals surface area (Å²) >= 11 is 0. The van der Waals surface area contributed by atoms with Crippen molar-refractivity contribution in [3.8, 4) is 11.5 Å². The molecule has 0 saturated carbocycles. The molecule has 1 aromatic carbocycles. The highest BCUT2D eigenvalue weighted by molar-refractivity contribution is 5.83. The molecular weight excluding hydrogens is 348 g/mol. The molecule has 0 aliphatic rings. The van der Waals surface area contributed by atoms with Gasteiger partial charge in [0.15, 0.2) is 17.3 Å². The third kappa shape index (κ3) is 6.65. The lowest BCUT2D eigenvalue weighted by Gasteiger charge is -2.19. The number of nitrogens with zero attached hydrogens (tertiary/aromatic N) is 2. The second-order valence-electron chi connectivity index (χ2n) is 6.80. The van der Waals surface area contributed by atoms with E-state index in [9.17, 15) is 4.79 Å². The van der Waals surface area contributed by atoms with Crippen LogP contribution in [-0.2, 0) is 11.2 Å². The number of rotatable bonds is 7. The Kier molecular flexibility index (Phi) is 6.81. The van der Waals surface area contributed by atoms with Gasteiger partial charge in [-0.15, -0.1) is 10.2 Å². The monoisotopic (exact) mass is 374 g/mol. The van der Waals surface area contributed by atoms with Crippen molar-refractivity contribution in [1.82, 2.24) is 10.2 Å². The Labute approximate surface area is 159 Å². The largest absolute Gasteiger partial charge is 0.493 e. The van der Waals surface area contributed by atoms with Gasteiger partial charge in [0, 0.05) is 6.54 Å². The summed E-state index contributed by atoms with van der Waals surface area (Å²) in [7, 11) is 3.22. The number of aromatic nitrogens is 2. The molecule has 0 unspecified atom stereocenters. The number of methoxy groups -OCH3 is 2. The Balaban J connectivity index is 1.84. The third-order valence-electron chi connectivity index (χ3n) is 3.46. The van der Waals surface area contributed by atoms with Crippen molar-refractivity contribution in [3.05, 3.63) is 35.9 Å². The molecule has 0 aliphatic carbocycles. The summed E-state index contributed by atoms with van der Waals surface area (Å²) in [5.41, 5.74) is 0.541. The summed E-state index contributed by atoms with van der Waals surface area (Å²) in [4.78, 5) is 11.7. The third-order valence-corrected chi connectivity index (χ3v) is 3.46. The number of hydrogen-bond acceptors (Lipinski definition) is 7. The van der Waals surface area contributed by atoms with Gasteiger partial charge in [-0.2, -0.15) is 0 Å². The molecule has 1 aromatic heterocycles. The fourth-order valence-electron chi connectivity index (χ4n) is 2.27. The lowest BCUT2D eigenvalue weighted by atomic mass is 10.1. The molecule has 1 amide bonds. The molecule has 0 saturated heterocycles. The first-order valence-electron chi connectivity index (χ1n) is 8.59. The average Bonchev–Trinajstić information content (AvgIpc) is 2.61. The number of hydrogen-bond donors (Lipinski definition) is 2. The fraction of sp³-hybridized carbons (Fsp3) is 0.421. The van der Waals surface area contributed by atoms with E-state index >= 15 is 0 Å². The Morgan fingerprint density at radius 3 is 2.26 bits per heavy atom. The van der Waals surface area contributed by atoms with E-state index in [0.29, 0.717) is 29.7 Å². The van der Waals surface area contributed by atoms with Crippen LogP contribution in [0.4, 0.5) is 16.4 Å². The van der Waals surface area contributed by atoms with Crippen molar-refractivity contribution in [3.63, 3.8) is 0 Å². The van der Waals surface area contributed by atoms with Crippen LogP contribution in [0.3, 0.4) is 0 Å². The Bertz CT molecular complexity index is 757. The van der Waals surface area contributed by atoms with Gasteiger partial charge in [0.2, 0.25) is 0 Å². The number of carbonyl (C=O) groups is 1. The quantitative estimate of drug-likeness (QED) is 0.766. The Hall–Kier alpha value is -3.03. The van der Waals surface area contributed by atoms with Crippen molar-refractivity contribution in [1.29, 1.82) is 0 Å². The zero-order valence-corrected chi connectivity index (χ0v) is 16.3. The summed E-state index contributed by atoms with van der Waals surface area (Å²) in [6.07, 6.45) is 0.214. The first kappa shape index (κ1) is 20.3. The van der Waals surface area contributed by atoms with Gasteiger partial charge >= 0.3 is 6.09 Å². The van der Waals surface area contributed by atoms with E-state index in [-0.39, 0.29) is 0 Å². The van der Waals surface area contributed by atoms with Crippen molar-refractivity contribution >= 4 is 17.7 Å². The predicted molar refractivity (Wildman–Crippen MR) is 104 cm³/mol. The van der Waals surface area contributed by atoms with E-state index < -0.39 is 11.7 Å². The summed E-state index contributed by atoms with van der Waals surface area (Å²) in [6, 6.07) is 9.22. The molecule has 8 heteroatoms. The van der Waals surface area contributed by atoms with Crippen LogP contribution < -0.4 is 20.1 Å². The summed E-state index contributed by atoms with van der Waals surface area (Å²) in [5, 5.41) is 13.7. The van der Waals surface area contributed by atoms with Gasteiger partial charge in [-0.05, 0) is 57.0 Å². The maximum atomic E-state index is 11.7. The molecule has 2 aromatic rings. The van der Waals surface area contributed by atoms with Crippen LogP contribution in [0.25, 0.3) is 0 Å². The maximum Gasteiger partial charge on any atom is 0.413 e. The molecule has 146 valence electrons. The fourth-order valence-corrected chi connectivity index (χ4v) is 2.27. The van der Waals surface area contributed by atoms with Crippen molar-refractivity contribution in [2.75, 3.05) is 31.4 Å². The standard InChI is InChI=1S/C19H26N4O4/c1-19(2,3)27-18(24)21-17-9-8-16(22-23-17)20-11-10-13-6-7-14(25-4)15(12-13)26-5/h6-9,12H,10-11H2,1-5H3,(H,20,22)(H,21,23,24). The molecule has 0 radical (unpaired) electrons. The van der Waals surface area contributed by atoms with Gasteiger partial charge in [0.05, 0.1) is 14.2 Å². The van der Waals surface area contributed by atoms with Crippen LogP contribution in [0, 0.1) is 0 Å². The maximum absolute atomic E-state index is 11.7. The SMILES string of the molecule is COc1ccc(CCNc2ccc(NC(=O)OC(C)(C)C)nn2)cc1OC. The molecule has 2 rings (SSSR count). The Morgan fingerprint density at radius 1 is 1.00 bits per heavy atom. The van der Waals surface area contributed by atoms with Crippen molar-refractivity contribution in [2.24, 2.45) is 0 Å². The van der Waals surface area contributed by atoms with E-state index in [1.807, 2.05) is 18.2 Å². The second kappa shape index (κ2) is 9.07.